The van der Waals surface area contributed by atoms with Crippen LogP contribution in [0.3, 0.4) is 0 Å². The summed E-state index contributed by atoms with van der Waals surface area (Å²) in [6.45, 7) is 9.69. The fraction of sp³-hybridized carbons (Fsp3) is 0.786. The maximum atomic E-state index is 4.44. The monoisotopic (exact) mass is 237 g/mol. The second-order valence-corrected chi connectivity index (χ2v) is 4.77. The van der Waals surface area contributed by atoms with Gasteiger partial charge in [-0.1, -0.05) is 40.0 Å². The van der Waals surface area contributed by atoms with Crippen LogP contribution in [0.2, 0.25) is 0 Å². The molecule has 1 aromatic rings. The zero-order valence-electron chi connectivity index (χ0n) is 11.6. The van der Waals surface area contributed by atoms with E-state index in [9.17, 15) is 0 Å². The standard InChI is InChI=1S/C14H27N3/c1-4-7-8-13(5-2)11-17-12-14(10-16-17)9-15-6-3/h10,12-13,15H,4-9,11H2,1-3H3. The first-order valence-corrected chi connectivity index (χ1v) is 7.02. The lowest BCUT2D eigenvalue weighted by Crippen LogP contribution is -2.12. The molecule has 1 rings (SSSR count). The molecule has 1 atom stereocenters. The van der Waals surface area contributed by atoms with Crippen molar-refractivity contribution in [3.63, 3.8) is 0 Å². The molecule has 0 fully saturated rings. The summed E-state index contributed by atoms with van der Waals surface area (Å²) in [4.78, 5) is 0. The smallest absolute Gasteiger partial charge is 0.0534 e. The molecule has 0 amide bonds. The van der Waals surface area contributed by atoms with Gasteiger partial charge in [-0.3, -0.25) is 4.68 Å². The number of hydrogen-bond acceptors (Lipinski definition) is 2. The highest BCUT2D eigenvalue weighted by Gasteiger charge is 2.07. The molecule has 0 radical (unpaired) electrons. The Labute approximate surface area is 106 Å². The SMILES string of the molecule is CCCCC(CC)Cn1cc(CNCC)cn1. The number of aromatic nitrogens is 2. The van der Waals surface area contributed by atoms with Gasteiger partial charge in [0.1, 0.15) is 0 Å². The summed E-state index contributed by atoms with van der Waals surface area (Å²) in [5.41, 5.74) is 1.29. The van der Waals surface area contributed by atoms with E-state index in [0.717, 1.165) is 25.6 Å². The summed E-state index contributed by atoms with van der Waals surface area (Å²) in [7, 11) is 0. The molecule has 1 heterocycles. The van der Waals surface area contributed by atoms with Gasteiger partial charge in [0.25, 0.3) is 0 Å². The van der Waals surface area contributed by atoms with E-state index in [1.54, 1.807) is 0 Å². The maximum Gasteiger partial charge on any atom is 0.0534 e. The van der Waals surface area contributed by atoms with Crippen LogP contribution in [0.25, 0.3) is 0 Å². The molecule has 0 saturated heterocycles. The Kier molecular flexibility index (Phi) is 6.94. The van der Waals surface area contributed by atoms with E-state index >= 15 is 0 Å². The summed E-state index contributed by atoms with van der Waals surface area (Å²) in [6.07, 6.45) is 9.37. The molecule has 0 bridgehead atoms. The zero-order chi connectivity index (χ0) is 12.5. The van der Waals surface area contributed by atoms with E-state index in [-0.39, 0.29) is 0 Å². The lowest BCUT2D eigenvalue weighted by molar-refractivity contribution is 0.372. The summed E-state index contributed by atoms with van der Waals surface area (Å²) in [6, 6.07) is 0. The molecule has 0 aromatic carbocycles. The normalized spacial score (nSPS) is 12.9. The summed E-state index contributed by atoms with van der Waals surface area (Å²) in [5, 5.41) is 7.77. The Bertz CT molecular complexity index is 293. The Morgan fingerprint density at radius 2 is 2.18 bits per heavy atom. The molecule has 1 N–H and O–H groups in total. The van der Waals surface area contributed by atoms with Crippen LogP contribution in [0.15, 0.2) is 12.4 Å². The highest BCUT2D eigenvalue weighted by atomic mass is 15.3. The largest absolute Gasteiger partial charge is 0.313 e. The van der Waals surface area contributed by atoms with E-state index in [1.165, 1.54) is 31.2 Å². The van der Waals surface area contributed by atoms with Crippen molar-refractivity contribution in [3.8, 4) is 0 Å². The van der Waals surface area contributed by atoms with Crippen LogP contribution < -0.4 is 5.32 Å². The van der Waals surface area contributed by atoms with E-state index in [2.05, 4.69) is 42.1 Å². The van der Waals surface area contributed by atoms with E-state index in [4.69, 9.17) is 0 Å². The van der Waals surface area contributed by atoms with Gasteiger partial charge in [0.15, 0.2) is 0 Å². The molecule has 3 heteroatoms. The lowest BCUT2D eigenvalue weighted by atomic mass is 9.99. The van der Waals surface area contributed by atoms with Gasteiger partial charge in [0.2, 0.25) is 0 Å². The Morgan fingerprint density at radius 1 is 1.35 bits per heavy atom. The first-order valence-electron chi connectivity index (χ1n) is 7.02. The highest BCUT2D eigenvalue weighted by Crippen LogP contribution is 2.14. The summed E-state index contributed by atoms with van der Waals surface area (Å²) in [5.74, 6) is 0.779. The number of unbranched alkanes of at least 4 members (excludes halogenated alkanes) is 1. The molecule has 0 aliphatic heterocycles. The maximum absolute atomic E-state index is 4.44. The Balaban J connectivity index is 2.40. The van der Waals surface area contributed by atoms with Gasteiger partial charge in [0.05, 0.1) is 6.20 Å². The molecule has 17 heavy (non-hydrogen) atoms. The average Bonchev–Trinajstić information content (AvgIpc) is 2.79. The number of hydrogen-bond donors (Lipinski definition) is 1. The van der Waals surface area contributed by atoms with Gasteiger partial charge in [-0.05, 0) is 18.9 Å². The van der Waals surface area contributed by atoms with Gasteiger partial charge >= 0.3 is 0 Å². The van der Waals surface area contributed by atoms with Crippen LogP contribution in [0.4, 0.5) is 0 Å². The number of nitrogens with one attached hydrogen (secondary N) is 1. The van der Waals surface area contributed by atoms with Crippen molar-refractivity contribution in [1.29, 1.82) is 0 Å². The van der Waals surface area contributed by atoms with Crippen LogP contribution in [0, 0.1) is 5.92 Å². The van der Waals surface area contributed by atoms with Gasteiger partial charge in [-0.25, -0.2) is 0 Å². The van der Waals surface area contributed by atoms with Crippen molar-refractivity contribution in [2.75, 3.05) is 6.54 Å². The number of nitrogens with zero attached hydrogens (tertiary/aromatic N) is 2. The van der Waals surface area contributed by atoms with E-state index < -0.39 is 0 Å². The van der Waals surface area contributed by atoms with Crippen molar-refractivity contribution in [2.24, 2.45) is 5.92 Å². The molecule has 98 valence electrons. The van der Waals surface area contributed by atoms with Crippen LogP contribution in [-0.4, -0.2) is 16.3 Å². The minimum atomic E-state index is 0.779. The average molecular weight is 237 g/mol. The lowest BCUT2D eigenvalue weighted by Gasteiger charge is -2.14. The van der Waals surface area contributed by atoms with Gasteiger partial charge in [-0.2, -0.15) is 5.10 Å². The second kappa shape index (κ2) is 8.29. The van der Waals surface area contributed by atoms with E-state index in [1.807, 2.05) is 6.20 Å². The third kappa shape index (κ3) is 5.35. The number of rotatable bonds is 9. The van der Waals surface area contributed by atoms with Crippen molar-refractivity contribution in [2.45, 2.75) is 59.5 Å². The first kappa shape index (κ1) is 14.2. The molecule has 3 nitrogen and oxygen atoms in total. The topological polar surface area (TPSA) is 29.9 Å². The predicted octanol–water partition coefficient (Wildman–Crippen LogP) is 3.21. The third-order valence-electron chi connectivity index (χ3n) is 3.25. The van der Waals surface area contributed by atoms with Crippen LogP contribution in [0.5, 0.6) is 0 Å². The predicted molar refractivity (Wildman–Crippen MR) is 72.9 cm³/mol. The molecule has 0 aliphatic rings. The van der Waals surface area contributed by atoms with Crippen molar-refractivity contribution in [1.82, 2.24) is 15.1 Å². The highest BCUT2D eigenvalue weighted by molar-refractivity contribution is 5.03. The third-order valence-corrected chi connectivity index (χ3v) is 3.25. The van der Waals surface area contributed by atoms with Crippen LogP contribution >= 0.6 is 0 Å². The van der Waals surface area contributed by atoms with Crippen LogP contribution in [-0.2, 0) is 13.1 Å². The fourth-order valence-electron chi connectivity index (χ4n) is 2.05. The van der Waals surface area contributed by atoms with E-state index in [0.29, 0.717) is 0 Å². The van der Waals surface area contributed by atoms with Gasteiger partial charge in [-0.15, -0.1) is 0 Å². The minimum Gasteiger partial charge on any atom is -0.313 e. The van der Waals surface area contributed by atoms with Crippen LogP contribution in [0.1, 0.15) is 52.0 Å². The Hall–Kier alpha value is -0.830. The first-order chi connectivity index (χ1) is 8.30. The molecule has 0 saturated carbocycles. The van der Waals surface area contributed by atoms with Gasteiger partial charge < -0.3 is 5.32 Å². The Morgan fingerprint density at radius 3 is 2.82 bits per heavy atom. The minimum absolute atomic E-state index is 0.779. The van der Waals surface area contributed by atoms with Crippen molar-refractivity contribution >= 4 is 0 Å². The summed E-state index contributed by atoms with van der Waals surface area (Å²) >= 11 is 0. The molecular weight excluding hydrogens is 210 g/mol. The summed E-state index contributed by atoms with van der Waals surface area (Å²) < 4.78 is 2.11. The quantitative estimate of drug-likeness (QED) is 0.714. The van der Waals surface area contributed by atoms with Crippen molar-refractivity contribution in [3.05, 3.63) is 18.0 Å². The molecule has 1 aromatic heterocycles. The molecular formula is C14H27N3. The molecule has 0 aliphatic carbocycles. The fourth-order valence-corrected chi connectivity index (χ4v) is 2.05. The molecule has 1 unspecified atom stereocenters. The van der Waals surface area contributed by atoms with Gasteiger partial charge in [0, 0.05) is 24.8 Å². The van der Waals surface area contributed by atoms with Crippen molar-refractivity contribution < 1.29 is 0 Å². The zero-order valence-corrected chi connectivity index (χ0v) is 11.6. The molecule has 0 spiro atoms. The second-order valence-electron chi connectivity index (χ2n) is 4.77.